The predicted molar refractivity (Wildman–Crippen MR) is 122 cm³/mol. The molecule has 3 aromatic rings. The molecule has 1 unspecified atom stereocenters. The maximum absolute atomic E-state index is 11.6. The van der Waals surface area contributed by atoms with Crippen LogP contribution in [0, 0.1) is 6.92 Å². The quantitative estimate of drug-likeness (QED) is 0.550. The third-order valence-corrected chi connectivity index (χ3v) is 6.85. The van der Waals surface area contributed by atoms with E-state index in [0.717, 1.165) is 49.8 Å². The highest BCUT2D eigenvalue weighted by Crippen LogP contribution is 2.58. The van der Waals surface area contributed by atoms with Gasteiger partial charge in [0.05, 0.1) is 23.4 Å². The van der Waals surface area contributed by atoms with E-state index in [1.165, 1.54) is 0 Å². The maximum Gasteiger partial charge on any atom is 0.229 e. The van der Waals surface area contributed by atoms with Crippen LogP contribution in [0.25, 0.3) is 10.9 Å². The van der Waals surface area contributed by atoms with Crippen molar-refractivity contribution in [1.82, 2.24) is 4.98 Å². The lowest BCUT2D eigenvalue weighted by atomic mass is 9.76. The molecule has 1 aliphatic heterocycles. The third-order valence-electron chi connectivity index (χ3n) is 5.51. The lowest BCUT2D eigenvalue weighted by Crippen LogP contribution is -2.25. The van der Waals surface area contributed by atoms with Gasteiger partial charge in [-0.05, 0) is 58.2 Å². The average molecular weight is 491 g/mol. The minimum absolute atomic E-state index is 0.276. The number of aromatic nitrogens is 1. The molecule has 6 nitrogen and oxygen atoms in total. The number of benzene rings is 2. The van der Waals surface area contributed by atoms with Gasteiger partial charge in [0, 0.05) is 28.2 Å². The number of fused-ring (bicyclic) bond motifs is 2. The molecule has 2 heterocycles. The van der Waals surface area contributed by atoms with Gasteiger partial charge >= 0.3 is 0 Å². The van der Waals surface area contributed by atoms with Gasteiger partial charge in [0.1, 0.15) is 17.6 Å². The highest BCUT2D eigenvalue weighted by Gasteiger charge is 2.47. The zero-order valence-corrected chi connectivity index (χ0v) is 19.8. The number of methoxy groups -OCH3 is 1. The number of rotatable bonds is 4. The molecular formula is C22H23BrN2O4S. The Morgan fingerprint density at radius 3 is 2.63 bits per heavy atom. The lowest BCUT2D eigenvalue weighted by molar-refractivity contribution is 0.166. The summed E-state index contributed by atoms with van der Waals surface area (Å²) < 4.78 is 38.8. The Balaban J connectivity index is 1.86. The van der Waals surface area contributed by atoms with E-state index in [-0.39, 0.29) is 6.10 Å². The van der Waals surface area contributed by atoms with Crippen molar-refractivity contribution in [2.24, 2.45) is 0 Å². The second-order valence-corrected chi connectivity index (χ2v) is 10.7. The summed E-state index contributed by atoms with van der Waals surface area (Å²) in [6, 6.07) is 9.38. The van der Waals surface area contributed by atoms with E-state index >= 15 is 0 Å². The Hall–Kier alpha value is -2.32. The molecule has 0 spiro atoms. The highest BCUT2D eigenvalue weighted by molar-refractivity contribution is 9.10. The number of hydrogen-bond acceptors (Lipinski definition) is 5. The van der Waals surface area contributed by atoms with E-state index in [2.05, 4.69) is 39.5 Å². The van der Waals surface area contributed by atoms with Gasteiger partial charge in [-0.2, -0.15) is 0 Å². The standard InChI is InChI=1S/C22H23BrN2O4S/c1-12-11-13(25-30(5,26)27)8-9-14(12)21-22(2,3)16-19(28-4)15-7-6-10-24-18(15)17(23)20(16)29-21/h6-11,21,25H,1-5H3. The Kier molecular flexibility index (Phi) is 4.97. The van der Waals surface area contributed by atoms with Crippen LogP contribution in [0.2, 0.25) is 0 Å². The van der Waals surface area contributed by atoms with Gasteiger partial charge in [0.2, 0.25) is 10.0 Å². The molecule has 0 saturated heterocycles. The number of aryl methyl sites for hydroxylation is 1. The Bertz CT molecular complexity index is 1270. The molecule has 0 bridgehead atoms. The molecule has 0 amide bonds. The van der Waals surface area contributed by atoms with Crippen LogP contribution in [0.4, 0.5) is 5.69 Å². The summed E-state index contributed by atoms with van der Waals surface area (Å²) in [6.45, 7) is 6.21. The minimum Gasteiger partial charge on any atom is -0.496 e. The first-order valence-corrected chi connectivity index (χ1v) is 12.1. The van der Waals surface area contributed by atoms with Crippen LogP contribution < -0.4 is 14.2 Å². The topological polar surface area (TPSA) is 77.5 Å². The summed E-state index contributed by atoms with van der Waals surface area (Å²) in [5, 5.41) is 0.923. The molecule has 30 heavy (non-hydrogen) atoms. The van der Waals surface area contributed by atoms with E-state index in [4.69, 9.17) is 9.47 Å². The molecule has 0 saturated carbocycles. The number of halogens is 1. The Labute approximate surface area is 184 Å². The maximum atomic E-state index is 11.6. The average Bonchev–Trinajstić information content (AvgIpc) is 2.93. The first kappa shape index (κ1) is 20.9. The molecule has 0 fully saturated rings. The third kappa shape index (κ3) is 3.32. The smallest absolute Gasteiger partial charge is 0.229 e. The van der Waals surface area contributed by atoms with Crippen molar-refractivity contribution < 1.29 is 17.9 Å². The largest absolute Gasteiger partial charge is 0.496 e. The first-order chi connectivity index (χ1) is 14.0. The second kappa shape index (κ2) is 7.13. The van der Waals surface area contributed by atoms with E-state index in [9.17, 15) is 8.42 Å². The summed E-state index contributed by atoms with van der Waals surface area (Å²) in [7, 11) is -1.68. The number of nitrogens with zero attached hydrogens (tertiary/aromatic N) is 1. The van der Waals surface area contributed by atoms with Crippen molar-refractivity contribution in [1.29, 1.82) is 0 Å². The van der Waals surface area contributed by atoms with Crippen LogP contribution >= 0.6 is 15.9 Å². The van der Waals surface area contributed by atoms with Crippen LogP contribution in [-0.2, 0) is 15.4 Å². The van der Waals surface area contributed by atoms with Crippen LogP contribution in [0.5, 0.6) is 11.5 Å². The fourth-order valence-electron chi connectivity index (χ4n) is 4.22. The molecule has 0 radical (unpaired) electrons. The summed E-state index contributed by atoms with van der Waals surface area (Å²) in [5.41, 5.74) is 3.83. The Morgan fingerprint density at radius 1 is 1.27 bits per heavy atom. The van der Waals surface area contributed by atoms with E-state index in [1.807, 2.05) is 31.2 Å². The van der Waals surface area contributed by atoms with Crippen molar-refractivity contribution in [2.45, 2.75) is 32.3 Å². The van der Waals surface area contributed by atoms with Gasteiger partial charge in [0.15, 0.2) is 0 Å². The summed E-state index contributed by atoms with van der Waals surface area (Å²) in [5.74, 6) is 1.49. The van der Waals surface area contributed by atoms with E-state index < -0.39 is 15.4 Å². The van der Waals surface area contributed by atoms with Crippen LogP contribution in [0.15, 0.2) is 41.0 Å². The summed E-state index contributed by atoms with van der Waals surface area (Å²) >= 11 is 3.69. The van der Waals surface area contributed by atoms with Crippen molar-refractivity contribution in [2.75, 3.05) is 18.1 Å². The summed E-state index contributed by atoms with van der Waals surface area (Å²) in [6.07, 6.45) is 2.61. The van der Waals surface area contributed by atoms with Gasteiger partial charge in [0.25, 0.3) is 0 Å². The predicted octanol–water partition coefficient (Wildman–Crippen LogP) is 5.10. The molecule has 1 aliphatic rings. The van der Waals surface area contributed by atoms with Gasteiger partial charge in [-0.1, -0.05) is 19.9 Å². The van der Waals surface area contributed by atoms with Crippen LogP contribution in [0.1, 0.15) is 36.6 Å². The number of nitrogens with one attached hydrogen (secondary N) is 1. The fourth-order valence-corrected chi connectivity index (χ4v) is 5.39. The van der Waals surface area contributed by atoms with Gasteiger partial charge in [-0.3, -0.25) is 9.71 Å². The van der Waals surface area contributed by atoms with Crippen molar-refractivity contribution in [3.05, 3.63) is 57.7 Å². The van der Waals surface area contributed by atoms with E-state index in [1.54, 1.807) is 19.4 Å². The highest BCUT2D eigenvalue weighted by atomic mass is 79.9. The van der Waals surface area contributed by atoms with Crippen LogP contribution in [0.3, 0.4) is 0 Å². The number of ether oxygens (including phenoxy) is 2. The Morgan fingerprint density at radius 2 is 2.00 bits per heavy atom. The molecule has 4 rings (SSSR count). The lowest BCUT2D eigenvalue weighted by Gasteiger charge is -2.28. The normalized spacial score (nSPS) is 17.5. The molecule has 8 heteroatoms. The van der Waals surface area contributed by atoms with Crippen molar-refractivity contribution in [3.8, 4) is 11.5 Å². The minimum atomic E-state index is -3.34. The van der Waals surface area contributed by atoms with Gasteiger partial charge in [-0.25, -0.2) is 8.42 Å². The van der Waals surface area contributed by atoms with Crippen molar-refractivity contribution >= 4 is 42.5 Å². The SMILES string of the molecule is COc1c2c(c(Br)c3ncccc13)OC(c1ccc(NS(C)(=O)=O)cc1C)C2(C)C. The molecule has 158 valence electrons. The number of hydrogen-bond donors (Lipinski definition) is 1. The zero-order chi connectivity index (χ0) is 21.8. The summed E-state index contributed by atoms with van der Waals surface area (Å²) in [4.78, 5) is 4.50. The molecule has 0 aliphatic carbocycles. The molecule has 1 atom stereocenters. The fraction of sp³-hybridized carbons (Fsp3) is 0.318. The molecule has 1 aromatic heterocycles. The monoisotopic (exact) mass is 490 g/mol. The van der Waals surface area contributed by atoms with Gasteiger partial charge < -0.3 is 9.47 Å². The van der Waals surface area contributed by atoms with Gasteiger partial charge in [-0.15, -0.1) is 0 Å². The number of anilines is 1. The molecule has 1 N–H and O–H groups in total. The number of sulfonamides is 1. The van der Waals surface area contributed by atoms with Crippen LogP contribution in [-0.4, -0.2) is 26.8 Å². The zero-order valence-electron chi connectivity index (χ0n) is 17.4. The molecule has 2 aromatic carbocycles. The van der Waals surface area contributed by atoms with E-state index in [0.29, 0.717) is 5.69 Å². The second-order valence-electron chi connectivity index (χ2n) is 8.12. The van der Waals surface area contributed by atoms with Crippen molar-refractivity contribution in [3.63, 3.8) is 0 Å². The number of pyridine rings is 1. The molecular weight excluding hydrogens is 468 g/mol. The first-order valence-electron chi connectivity index (χ1n) is 9.44.